The van der Waals surface area contributed by atoms with Crippen molar-refractivity contribution in [3.8, 4) is 0 Å². The Balaban J connectivity index is 4.53. The number of ether oxygens (including phenoxy) is 1. The van der Waals surface area contributed by atoms with Gasteiger partial charge in [0.1, 0.15) is 6.10 Å². The van der Waals surface area contributed by atoms with Gasteiger partial charge < -0.3 is 20.3 Å². The van der Waals surface area contributed by atoms with Crippen LogP contribution in [-0.4, -0.2) is 46.9 Å². The first kappa shape index (κ1) is 67.3. The topological polar surface area (TPSA) is 95.9 Å². The third-order valence-corrected chi connectivity index (χ3v) is 14.5. The van der Waals surface area contributed by atoms with Crippen LogP contribution in [-0.2, 0) is 14.3 Å². The van der Waals surface area contributed by atoms with Crippen LogP contribution in [0.1, 0.15) is 342 Å². The number of rotatable bonds is 57. The number of allylic oxidation sites excluding steroid dienone is 4. The molecule has 408 valence electrons. The Kier molecular flexibility index (Phi) is 55.9. The van der Waals surface area contributed by atoms with E-state index in [1.807, 2.05) is 0 Å². The molecule has 0 fully saturated rings. The molecule has 6 heteroatoms. The Morgan fingerprint density at radius 1 is 0.406 bits per heavy atom. The van der Waals surface area contributed by atoms with E-state index in [1.165, 1.54) is 238 Å². The molecule has 0 saturated carbocycles. The van der Waals surface area contributed by atoms with E-state index in [9.17, 15) is 19.8 Å². The molecule has 3 atom stereocenters. The molecule has 0 saturated heterocycles. The summed E-state index contributed by atoms with van der Waals surface area (Å²) < 4.78 is 5.98. The molecule has 69 heavy (non-hydrogen) atoms. The third kappa shape index (κ3) is 52.5. The van der Waals surface area contributed by atoms with Crippen LogP contribution in [0, 0.1) is 0 Å². The monoisotopic (exact) mass is 972 g/mol. The maximum absolute atomic E-state index is 13.3. The van der Waals surface area contributed by atoms with Crippen molar-refractivity contribution in [2.75, 3.05) is 6.61 Å². The second kappa shape index (κ2) is 57.2. The van der Waals surface area contributed by atoms with Gasteiger partial charge in [0.05, 0.1) is 25.2 Å². The number of carbonyl (C=O) groups excluding carboxylic acids is 2. The lowest BCUT2D eigenvalue weighted by Crippen LogP contribution is -2.46. The van der Waals surface area contributed by atoms with Crippen molar-refractivity contribution in [3.63, 3.8) is 0 Å². The molecule has 0 aliphatic rings. The standard InChI is InChI=1S/C63H121NO5/c1-4-7-10-13-16-19-22-25-28-30-32-35-38-41-44-47-50-53-56-63(68)69-59(54-51-48-45-42-39-36-34-31-29-26-23-20-17-14-11-8-5-2)57-62(67)64-60(58-65)61(66)55-52-49-46-43-40-37-33-27-24-21-18-15-12-9-6-3/h26,29,32,35,59-61,65-66H,4-25,27-28,30-31,33-34,36-58H2,1-3H3,(H,64,67)/b29-26+,35-32+. The zero-order valence-corrected chi connectivity index (χ0v) is 46.7. The van der Waals surface area contributed by atoms with Gasteiger partial charge in [-0.2, -0.15) is 0 Å². The van der Waals surface area contributed by atoms with Gasteiger partial charge in [-0.3, -0.25) is 9.59 Å². The van der Waals surface area contributed by atoms with Gasteiger partial charge in [0.25, 0.3) is 0 Å². The molecule has 0 heterocycles. The molecule has 0 aromatic carbocycles. The van der Waals surface area contributed by atoms with E-state index < -0.39 is 18.2 Å². The first-order valence-electron chi connectivity index (χ1n) is 31.1. The van der Waals surface area contributed by atoms with E-state index in [1.54, 1.807) is 0 Å². The van der Waals surface area contributed by atoms with Crippen LogP contribution in [0.4, 0.5) is 0 Å². The quantitative estimate of drug-likeness (QED) is 0.0321. The molecular formula is C63H121NO5. The molecule has 6 nitrogen and oxygen atoms in total. The Morgan fingerprint density at radius 2 is 0.696 bits per heavy atom. The van der Waals surface area contributed by atoms with Crippen LogP contribution in [0.25, 0.3) is 0 Å². The minimum Gasteiger partial charge on any atom is -0.462 e. The maximum atomic E-state index is 13.3. The van der Waals surface area contributed by atoms with Gasteiger partial charge in [0, 0.05) is 6.42 Å². The molecular weight excluding hydrogens is 851 g/mol. The van der Waals surface area contributed by atoms with Crippen molar-refractivity contribution in [1.29, 1.82) is 0 Å². The predicted octanol–water partition coefficient (Wildman–Crippen LogP) is 19.4. The molecule has 0 aliphatic heterocycles. The zero-order chi connectivity index (χ0) is 50.2. The molecule has 3 unspecified atom stereocenters. The number of esters is 1. The number of hydrogen-bond acceptors (Lipinski definition) is 5. The minimum atomic E-state index is -0.788. The Hall–Kier alpha value is -1.66. The molecule has 0 aromatic rings. The largest absolute Gasteiger partial charge is 0.462 e. The number of hydrogen-bond donors (Lipinski definition) is 3. The van der Waals surface area contributed by atoms with Crippen molar-refractivity contribution in [2.24, 2.45) is 0 Å². The summed E-state index contributed by atoms with van der Waals surface area (Å²) in [6, 6.07) is -0.702. The van der Waals surface area contributed by atoms with Crippen molar-refractivity contribution in [2.45, 2.75) is 360 Å². The van der Waals surface area contributed by atoms with Gasteiger partial charge in [-0.1, -0.05) is 276 Å². The average molecular weight is 973 g/mol. The van der Waals surface area contributed by atoms with Crippen molar-refractivity contribution >= 4 is 11.9 Å². The van der Waals surface area contributed by atoms with E-state index in [4.69, 9.17) is 4.74 Å². The number of amides is 1. The van der Waals surface area contributed by atoms with Crippen LogP contribution in [0.3, 0.4) is 0 Å². The fraction of sp³-hybridized carbons (Fsp3) is 0.905. The molecule has 0 bridgehead atoms. The highest BCUT2D eigenvalue weighted by Crippen LogP contribution is 2.19. The summed E-state index contributed by atoms with van der Waals surface area (Å²) in [6.45, 7) is 6.53. The van der Waals surface area contributed by atoms with Gasteiger partial charge >= 0.3 is 5.97 Å². The summed E-state index contributed by atoms with van der Waals surface area (Å²) >= 11 is 0. The van der Waals surface area contributed by atoms with Crippen LogP contribution >= 0.6 is 0 Å². The second-order valence-electron chi connectivity index (χ2n) is 21.5. The van der Waals surface area contributed by atoms with Crippen LogP contribution in [0.2, 0.25) is 0 Å². The number of aliphatic hydroxyl groups excluding tert-OH is 2. The van der Waals surface area contributed by atoms with Gasteiger partial charge in [-0.15, -0.1) is 0 Å². The summed E-state index contributed by atoms with van der Waals surface area (Å²) in [4.78, 5) is 26.4. The third-order valence-electron chi connectivity index (χ3n) is 14.5. The number of unbranched alkanes of at least 4 members (excludes halogenated alkanes) is 41. The number of carbonyl (C=O) groups is 2. The molecule has 3 N–H and O–H groups in total. The van der Waals surface area contributed by atoms with Crippen molar-refractivity contribution in [3.05, 3.63) is 24.3 Å². The maximum Gasteiger partial charge on any atom is 0.306 e. The summed E-state index contributed by atoms with van der Waals surface area (Å²) in [5.74, 6) is -0.467. The van der Waals surface area contributed by atoms with Gasteiger partial charge in [-0.25, -0.2) is 0 Å². The summed E-state index contributed by atoms with van der Waals surface area (Å²) in [5.41, 5.74) is 0. The van der Waals surface area contributed by atoms with E-state index in [-0.39, 0.29) is 24.9 Å². The summed E-state index contributed by atoms with van der Waals surface area (Å²) in [5, 5.41) is 23.9. The van der Waals surface area contributed by atoms with Gasteiger partial charge in [0.15, 0.2) is 0 Å². The highest BCUT2D eigenvalue weighted by atomic mass is 16.5. The van der Waals surface area contributed by atoms with Gasteiger partial charge in [0.2, 0.25) is 5.91 Å². The highest BCUT2D eigenvalue weighted by molar-refractivity contribution is 5.77. The van der Waals surface area contributed by atoms with Crippen LogP contribution in [0.5, 0.6) is 0 Å². The Bertz CT molecular complexity index is 1090. The lowest BCUT2D eigenvalue weighted by molar-refractivity contribution is -0.151. The van der Waals surface area contributed by atoms with Crippen molar-refractivity contribution in [1.82, 2.24) is 5.32 Å². The summed E-state index contributed by atoms with van der Waals surface area (Å²) in [7, 11) is 0. The molecule has 0 aliphatic carbocycles. The first-order chi connectivity index (χ1) is 34.0. The van der Waals surface area contributed by atoms with E-state index in [2.05, 4.69) is 50.4 Å². The molecule has 0 aromatic heterocycles. The molecule has 0 rings (SSSR count). The predicted molar refractivity (Wildman–Crippen MR) is 301 cm³/mol. The Labute approximate surface area is 431 Å². The lowest BCUT2D eigenvalue weighted by Gasteiger charge is -2.24. The van der Waals surface area contributed by atoms with Gasteiger partial charge in [-0.05, 0) is 77.0 Å². The molecule has 0 spiro atoms. The Morgan fingerprint density at radius 3 is 1.03 bits per heavy atom. The molecule has 0 radical (unpaired) electrons. The zero-order valence-electron chi connectivity index (χ0n) is 46.7. The second-order valence-corrected chi connectivity index (χ2v) is 21.5. The van der Waals surface area contributed by atoms with Crippen molar-refractivity contribution < 1.29 is 24.5 Å². The van der Waals surface area contributed by atoms with Crippen LogP contribution < -0.4 is 5.32 Å². The first-order valence-corrected chi connectivity index (χ1v) is 31.1. The normalized spacial score (nSPS) is 13.2. The highest BCUT2D eigenvalue weighted by Gasteiger charge is 2.24. The van der Waals surface area contributed by atoms with Crippen LogP contribution in [0.15, 0.2) is 24.3 Å². The average Bonchev–Trinajstić information content (AvgIpc) is 3.34. The smallest absolute Gasteiger partial charge is 0.306 e. The number of aliphatic hydroxyl groups is 2. The SMILES string of the molecule is CCCCCCCC/C=C/CCCCCCCCCC(CC(=O)NC(CO)C(O)CCCCCCCCCCCCCCCCC)OC(=O)CCCCCCC/C=C/CCCCCCCCCCC. The van der Waals surface area contributed by atoms with E-state index in [0.29, 0.717) is 19.3 Å². The summed E-state index contributed by atoms with van der Waals surface area (Å²) in [6.07, 6.45) is 68.2. The minimum absolute atomic E-state index is 0.0763. The fourth-order valence-electron chi connectivity index (χ4n) is 9.78. The fourth-order valence-corrected chi connectivity index (χ4v) is 9.78. The van der Waals surface area contributed by atoms with E-state index >= 15 is 0 Å². The van der Waals surface area contributed by atoms with E-state index in [0.717, 1.165) is 57.8 Å². The molecule has 1 amide bonds. The lowest BCUT2D eigenvalue weighted by atomic mass is 10.0. The number of nitrogens with one attached hydrogen (secondary N) is 1.